The number of benzene rings is 2. The average molecular weight is 451 g/mol. The van der Waals surface area contributed by atoms with Crippen molar-refractivity contribution < 1.29 is 4.79 Å². The molecule has 0 spiro atoms. The first-order chi connectivity index (χ1) is 14.9. The molecule has 0 atom stereocenters. The van der Waals surface area contributed by atoms with Gasteiger partial charge in [-0.25, -0.2) is 4.98 Å². The molecule has 0 radical (unpaired) electrons. The first-order valence-electron chi connectivity index (χ1n) is 9.71. The van der Waals surface area contributed by atoms with E-state index in [4.69, 9.17) is 0 Å². The summed E-state index contributed by atoms with van der Waals surface area (Å²) >= 11 is 2.86. The first-order valence-corrected chi connectivity index (χ1v) is 11.9. The predicted molar refractivity (Wildman–Crippen MR) is 129 cm³/mol. The van der Waals surface area contributed by atoms with Crippen LogP contribution in [0.25, 0.3) is 16.7 Å². The van der Waals surface area contributed by atoms with Crippen LogP contribution in [0.3, 0.4) is 0 Å². The van der Waals surface area contributed by atoms with E-state index in [0.29, 0.717) is 21.9 Å². The molecule has 2 heterocycles. The van der Waals surface area contributed by atoms with E-state index < -0.39 is 0 Å². The summed E-state index contributed by atoms with van der Waals surface area (Å²) in [6.45, 7) is 3.88. The number of aromatic amines is 1. The number of H-pyrrole nitrogens is 1. The average Bonchev–Trinajstić information content (AvgIpc) is 3.14. The van der Waals surface area contributed by atoms with Gasteiger partial charge in [0.2, 0.25) is 5.91 Å². The summed E-state index contributed by atoms with van der Waals surface area (Å²) < 4.78 is 1.56. The molecule has 4 aromatic rings. The Bertz CT molecular complexity index is 1310. The van der Waals surface area contributed by atoms with E-state index in [1.807, 2.05) is 74.7 Å². The van der Waals surface area contributed by atoms with E-state index in [1.54, 1.807) is 16.3 Å². The largest absolute Gasteiger partial charge is 0.353 e. The zero-order chi connectivity index (χ0) is 22.0. The molecule has 8 heteroatoms. The van der Waals surface area contributed by atoms with E-state index in [-0.39, 0.29) is 17.2 Å². The lowest BCUT2D eigenvalue weighted by Crippen LogP contribution is -2.23. The number of thioether (sulfide) groups is 2. The highest BCUT2D eigenvalue weighted by molar-refractivity contribution is 7.99. The number of anilines is 1. The van der Waals surface area contributed by atoms with Crippen LogP contribution in [-0.2, 0) is 4.79 Å². The number of hydrogen-bond donors (Lipinski definition) is 2. The Morgan fingerprint density at radius 2 is 1.90 bits per heavy atom. The summed E-state index contributed by atoms with van der Waals surface area (Å²) in [4.78, 5) is 34.6. The van der Waals surface area contributed by atoms with Crippen molar-refractivity contribution in [1.29, 1.82) is 0 Å². The van der Waals surface area contributed by atoms with Crippen molar-refractivity contribution in [3.05, 3.63) is 76.2 Å². The molecule has 0 saturated heterocycles. The molecule has 4 rings (SSSR count). The Morgan fingerprint density at radius 3 is 2.65 bits per heavy atom. The Kier molecular flexibility index (Phi) is 6.20. The van der Waals surface area contributed by atoms with Crippen LogP contribution in [0.2, 0.25) is 0 Å². The summed E-state index contributed by atoms with van der Waals surface area (Å²) in [7, 11) is 0. The summed E-state index contributed by atoms with van der Waals surface area (Å²) in [6, 6.07) is 17.2. The van der Waals surface area contributed by atoms with Gasteiger partial charge in [0.1, 0.15) is 5.52 Å². The van der Waals surface area contributed by atoms with Crippen molar-refractivity contribution in [3.8, 4) is 5.69 Å². The van der Waals surface area contributed by atoms with Crippen molar-refractivity contribution in [2.45, 2.75) is 23.9 Å². The molecular formula is C23H22N4O2S2. The maximum absolute atomic E-state index is 13.2. The van der Waals surface area contributed by atoms with Gasteiger partial charge in [0.15, 0.2) is 5.16 Å². The van der Waals surface area contributed by atoms with E-state index in [2.05, 4.69) is 15.3 Å². The van der Waals surface area contributed by atoms with Gasteiger partial charge in [0.25, 0.3) is 5.56 Å². The maximum Gasteiger partial charge on any atom is 0.283 e. The second kappa shape index (κ2) is 9.03. The minimum absolute atomic E-state index is 0.136. The molecule has 0 saturated carbocycles. The molecular weight excluding hydrogens is 428 g/mol. The molecule has 0 aliphatic rings. The van der Waals surface area contributed by atoms with Crippen LogP contribution in [0.1, 0.15) is 11.3 Å². The Labute approximate surface area is 188 Å². The lowest BCUT2D eigenvalue weighted by molar-refractivity contribution is -0.113. The maximum atomic E-state index is 13.2. The number of aromatic nitrogens is 3. The summed E-state index contributed by atoms with van der Waals surface area (Å²) in [5, 5.41) is 3.40. The molecule has 31 heavy (non-hydrogen) atoms. The highest BCUT2D eigenvalue weighted by Gasteiger charge is 2.16. The monoisotopic (exact) mass is 450 g/mol. The zero-order valence-corrected chi connectivity index (χ0v) is 19.1. The van der Waals surface area contributed by atoms with Gasteiger partial charge in [-0.05, 0) is 56.5 Å². The highest BCUT2D eigenvalue weighted by Crippen LogP contribution is 2.23. The normalized spacial score (nSPS) is 11.1. The predicted octanol–water partition coefficient (Wildman–Crippen LogP) is 4.78. The molecule has 0 unspecified atom stereocenters. The molecule has 6 nitrogen and oxygen atoms in total. The third-order valence-corrected chi connectivity index (χ3v) is 6.40. The van der Waals surface area contributed by atoms with Gasteiger partial charge < -0.3 is 10.3 Å². The molecule has 0 bridgehead atoms. The standard InChI is InChI=1S/C23H22N4O2S2/c1-14-7-9-17(10-8-14)27-22(29)21-19(11-15(2)24-21)26-23(27)31-13-20(28)25-16-5-4-6-18(12-16)30-3/h4-12,24H,13H2,1-3H3,(H,25,28). The third kappa shape index (κ3) is 4.70. The van der Waals surface area contributed by atoms with E-state index in [9.17, 15) is 9.59 Å². The van der Waals surface area contributed by atoms with Gasteiger partial charge in [-0.3, -0.25) is 14.2 Å². The fourth-order valence-electron chi connectivity index (χ4n) is 3.22. The van der Waals surface area contributed by atoms with Crippen molar-refractivity contribution in [1.82, 2.24) is 14.5 Å². The number of nitrogens with one attached hydrogen (secondary N) is 2. The number of rotatable bonds is 6. The van der Waals surface area contributed by atoms with Crippen LogP contribution in [0.5, 0.6) is 0 Å². The van der Waals surface area contributed by atoms with Gasteiger partial charge >= 0.3 is 0 Å². The third-order valence-electron chi connectivity index (χ3n) is 4.73. The van der Waals surface area contributed by atoms with Gasteiger partial charge in [0, 0.05) is 16.3 Å². The van der Waals surface area contributed by atoms with E-state index in [0.717, 1.165) is 21.8 Å². The van der Waals surface area contributed by atoms with E-state index in [1.165, 1.54) is 11.8 Å². The Balaban J connectivity index is 1.64. The second-order valence-electron chi connectivity index (χ2n) is 7.15. The minimum atomic E-state index is -0.183. The first kappa shape index (κ1) is 21.3. The summed E-state index contributed by atoms with van der Waals surface area (Å²) in [6.07, 6.45) is 1.99. The lowest BCUT2D eigenvalue weighted by Gasteiger charge is -2.12. The summed E-state index contributed by atoms with van der Waals surface area (Å²) in [5.74, 6) is -0.0187. The number of aryl methyl sites for hydroxylation is 2. The molecule has 2 aromatic heterocycles. The van der Waals surface area contributed by atoms with Crippen LogP contribution >= 0.6 is 23.5 Å². The van der Waals surface area contributed by atoms with Gasteiger partial charge in [-0.2, -0.15) is 0 Å². The van der Waals surface area contributed by atoms with Gasteiger partial charge in [-0.1, -0.05) is 35.5 Å². The number of fused-ring (bicyclic) bond motifs is 1. The van der Waals surface area contributed by atoms with Crippen molar-refractivity contribution in [3.63, 3.8) is 0 Å². The fraction of sp³-hybridized carbons (Fsp3) is 0.174. The number of hydrogen-bond acceptors (Lipinski definition) is 5. The van der Waals surface area contributed by atoms with Crippen molar-refractivity contribution >= 4 is 46.2 Å². The minimum Gasteiger partial charge on any atom is -0.353 e. The van der Waals surface area contributed by atoms with Gasteiger partial charge in [0.05, 0.1) is 17.0 Å². The lowest BCUT2D eigenvalue weighted by atomic mass is 10.2. The molecule has 0 aliphatic heterocycles. The molecule has 2 N–H and O–H groups in total. The van der Waals surface area contributed by atoms with E-state index >= 15 is 0 Å². The molecule has 1 amide bonds. The Morgan fingerprint density at radius 1 is 1.13 bits per heavy atom. The number of nitrogens with zero attached hydrogens (tertiary/aromatic N) is 2. The molecule has 0 aliphatic carbocycles. The molecule has 0 fully saturated rings. The van der Waals surface area contributed by atoms with Crippen LogP contribution < -0.4 is 10.9 Å². The van der Waals surface area contributed by atoms with Crippen molar-refractivity contribution in [2.75, 3.05) is 17.3 Å². The van der Waals surface area contributed by atoms with Crippen LogP contribution in [0.15, 0.2) is 69.4 Å². The SMILES string of the molecule is CSc1cccc(NC(=O)CSc2nc3cc(C)[nH]c3c(=O)n2-c2ccc(C)cc2)c1. The van der Waals surface area contributed by atoms with Gasteiger partial charge in [-0.15, -0.1) is 11.8 Å². The van der Waals surface area contributed by atoms with Crippen molar-refractivity contribution in [2.24, 2.45) is 0 Å². The Hall–Kier alpha value is -2.97. The zero-order valence-electron chi connectivity index (χ0n) is 17.4. The quantitative estimate of drug-likeness (QED) is 0.326. The van der Waals surface area contributed by atoms with Crippen LogP contribution in [0, 0.1) is 13.8 Å². The van der Waals surface area contributed by atoms with Crippen LogP contribution in [-0.4, -0.2) is 32.5 Å². The topological polar surface area (TPSA) is 79.8 Å². The number of amides is 1. The fourth-order valence-corrected chi connectivity index (χ4v) is 4.50. The molecule has 158 valence electrons. The second-order valence-corrected chi connectivity index (χ2v) is 8.97. The number of carbonyl (C=O) groups excluding carboxylic acids is 1. The smallest absolute Gasteiger partial charge is 0.283 e. The summed E-state index contributed by atoms with van der Waals surface area (Å²) in [5.41, 5.74) is 4.30. The number of carbonyl (C=O) groups is 1. The highest BCUT2D eigenvalue weighted by atomic mass is 32.2. The van der Waals surface area contributed by atoms with Crippen LogP contribution in [0.4, 0.5) is 5.69 Å². The molecule has 2 aromatic carbocycles.